The lowest BCUT2D eigenvalue weighted by Crippen LogP contribution is -2.45. The predicted octanol–water partition coefficient (Wildman–Crippen LogP) is 2.19. The Labute approximate surface area is 130 Å². The summed E-state index contributed by atoms with van der Waals surface area (Å²) in [4.78, 5) is 11.2. The lowest BCUT2D eigenvalue weighted by Gasteiger charge is -2.24. The van der Waals surface area contributed by atoms with Crippen molar-refractivity contribution < 1.29 is 14.5 Å². The molecule has 116 valence electrons. The van der Waals surface area contributed by atoms with E-state index in [0.29, 0.717) is 0 Å². The van der Waals surface area contributed by atoms with Crippen LogP contribution in [0.25, 0.3) is 0 Å². The number of hydrogen-bond acceptors (Lipinski definition) is 3. The summed E-state index contributed by atoms with van der Waals surface area (Å²) in [6, 6.07) is 18.4. The number of aliphatic carboxylic acids is 1. The van der Waals surface area contributed by atoms with Crippen LogP contribution in [0.4, 0.5) is 0 Å². The van der Waals surface area contributed by atoms with Gasteiger partial charge < -0.3 is 15.4 Å². The van der Waals surface area contributed by atoms with E-state index in [2.05, 4.69) is 0 Å². The topological polar surface area (TPSA) is 80.4 Å². The third-order valence-corrected chi connectivity index (χ3v) is 6.90. The Morgan fingerprint density at radius 3 is 1.82 bits per heavy atom. The van der Waals surface area contributed by atoms with Crippen molar-refractivity contribution in [2.45, 2.75) is 18.9 Å². The Morgan fingerprint density at radius 2 is 1.45 bits per heavy atom. The lowest BCUT2D eigenvalue weighted by molar-refractivity contribution is -0.142. The number of rotatable bonds is 6. The molecule has 0 aromatic heterocycles. The van der Waals surface area contributed by atoms with Gasteiger partial charge in [-0.25, -0.2) is 0 Å². The molecule has 2 aromatic carbocycles. The van der Waals surface area contributed by atoms with Crippen LogP contribution in [0.1, 0.15) is 13.3 Å². The van der Waals surface area contributed by atoms with Gasteiger partial charge in [-0.1, -0.05) is 60.7 Å². The van der Waals surface area contributed by atoms with E-state index in [1.165, 1.54) is 6.92 Å². The maximum Gasteiger partial charge on any atom is 0.323 e. The van der Waals surface area contributed by atoms with Gasteiger partial charge in [0.2, 0.25) is 0 Å². The van der Waals surface area contributed by atoms with Gasteiger partial charge in [-0.15, -0.1) is 0 Å². The van der Waals surface area contributed by atoms with E-state index < -0.39 is 18.7 Å². The first-order valence-corrected chi connectivity index (χ1v) is 8.98. The molecule has 22 heavy (non-hydrogen) atoms. The van der Waals surface area contributed by atoms with Crippen LogP contribution in [0, 0.1) is 0 Å². The molecule has 2 rings (SSSR count). The molecule has 0 aliphatic rings. The molecule has 3 N–H and O–H groups in total. The minimum Gasteiger partial charge on any atom is -0.480 e. The third-order valence-electron chi connectivity index (χ3n) is 3.78. The summed E-state index contributed by atoms with van der Waals surface area (Å²) in [5, 5.41) is 10.6. The van der Waals surface area contributed by atoms with E-state index in [4.69, 9.17) is 10.8 Å². The first-order chi connectivity index (χ1) is 10.4. The Kier molecular flexibility index (Phi) is 4.84. The van der Waals surface area contributed by atoms with Gasteiger partial charge in [0.25, 0.3) is 0 Å². The van der Waals surface area contributed by atoms with E-state index in [1.807, 2.05) is 60.7 Å². The summed E-state index contributed by atoms with van der Waals surface area (Å²) in [6.45, 7) is 1.45. The summed E-state index contributed by atoms with van der Waals surface area (Å²) < 4.78 is 13.6. The number of carboxylic acid groups (broad SMARTS) is 1. The average Bonchev–Trinajstić information content (AvgIpc) is 2.54. The fraction of sp³-hybridized carbons (Fsp3) is 0.235. The zero-order valence-corrected chi connectivity index (χ0v) is 13.4. The van der Waals surface area contributed by atoms with E-state index in [0.717, 1.165) is 10.6 Å². The third kappa shape index (κ3) is 3.46. The molecular formula is C17H20NO3P. The SMILES string of the molecule is C[C@](N)(CCP(=O)(c1ccccc1)c1ccccc1)C(=O)O. The zero-order valence-electron chi connectivity index (χ0n) is 12.5. The van der Waals surface area contributed by atoms with Crippen molar-refractivity contribution in [3.63, 3.8) is 0 Å². The second-order valence-electron chi connectivity index (χ2n) is 5.61. The highest BCUT2D eigenvalue weighted by molar-refractivity contribution is 7.78. The molecule has 5 heteroatoms. The van der Waals surface area contributed by atoms with Crippen LogP contribution in [0.3, 0.4) is 0 Å². The molecule has 0 saturated heterocycles. The molecule has 0 amide bonds. The number of hydrogen-bond donors (Lipinski definition) is 2. The highest BCUT2D eigenvalue weighted by atomic mass is 31.2. The Bertz CT molecular complexity index is 640. The van der Waals surface area contributed by atoms with Crippen molar-refractivity contribution in [2.75, 3.05) is 6.16 Å². The number of benzene rings is 2. The van der Waals surface area contributed by atoms with Gasteiger partial charge in [0.15, 0.2) is 0 Å². The predicted molar refractivity (Wildman–Crippen MR) is 89.5 cm³/mol. The van der Waals surface area contributed by atoms with E-state index in [1.54, 1.807) is 0 Å². The minimum atomic E-state index is -2.90. The normalized spacial score (nSPS) is 14.3. The van der Waals surface area contributed by atoms with Crippen LogP contribution >= 0.6 is 7.14 Å². The number of carboxylic acids is 1. The van der Waals surface area contributed by atoms with E-state index in [9.17, 15) is 9.36 Å². The second kappa shape index (κ2) is 6.47. The van der Waals surface area contributed by atoms with Gasteiger partial charge in [0.1, 0.15) is 12.7 Å². The number of carbonyl (C=O) groups is 1. The van der Waals surface area contributed by atoms with Crippen molar-refractivity contribution in [1.82, 2.24) is 0 Å². The van der Waals surface area contributed by atoms with Crippen LogP contribution < -0.4 is 16.3 Å². The highest BCUT2D eigenvalue weighted by Crippen LogP contribution is 2.44. The van der Waals surface area contributed by atoms with Gasteiger partial charge in [-0.3, -0.25) is 4.79 Å². The smallest absolute Gasteiger partial charge is 0.323 e. The Morgan fingerprint density at radius 1 is 1.05 bits per heavy atom. The monoisotopic (exact) mass is 317 g/mol. The zero-order chi connectivity index (χ0) is 16.2. The summed E-state index contributed by atoms with van der Waals surface area (Å²) in [6.07, 6.45) is 0.365. The van der Waals surface area contributed by atoms with Crippen LogP contribution in [-0.4, -0.2) is 22.8 Å². The van der Waals surface area contributed by atoms with Gasteiger partial charge >= 0.3 is 5.97 Å². The molecule has 0 fully saturated rings. The molecule has 0 heterocycles. The molecule has 1 atom stereocenters. The summed E-state index contributed by atoms with van der Waals surface area (Å²) >= 11 is 0. The first kappa shape index (κ1) is 16.5. The van der Waals surface area contributed by atoms with Crippen LogP contribution in [0.2, 0.25) is 0 Å². The molecule has 0 unspecified atom stereocenters. The average molecular weight is 317 g/mol. The molecule has 0 spiro atoms. The Hall–Kier alpha value is -1.90. The molecule has 0 aliphatic heterocycles. The first-order valence-electron chi connectivity index (χ1n) is 7.09. The van der Waals surface area contributed by atoms with Gasteiger partial charge in [0.05, 0.1) is 0 Å². The standard InChI is InChI=1S/C17H20NO3P/c1-17(18,16(19)20)12-13-22(21,14-8-4-2-5-9-14)15-10-6-3-7-11-15/h2-11H,12-13,18H2,1H3,(H,19,20)/t17-/m0/s1. The molecule has 0 radical (unpaired) electrons. The highest BCUT2D eigenvalue weighted by Gasteiger charge is 2.34. The quantitative estimate of drug-likeness (QED) is 0.800. The number of nitrogens with two attached hydrogens (primary N) is 1. The summed E-state index contributed by atoms with van der Waals surface area (Å²) in [5.74, 6) is -1.08. The maximum atomic E-state index is 13.6. The summed E-state index contributed by atoms with van der Waals surface area (Å²) in [7, 11) is -2.90. The Balaban J connectivity index is 2.40. The fourth-order valence-corrected chi connectivity index (χ4v) is 5.14. The largest absolute Gasteiger partial charge is 0.480 e. The van der Waals surface area contributed by atoms with Crippen molar-refractivity contribution in [3.05, 3.63) is 60.7 Å². The second-order valence-corrected chi connectivity index (χ2v) is 8.57. The van der Waals surface area contributed by atoms with Crippen molar-refractivity contribution in [3.8, 4) is 0 Å². The molecular weight excluding hydrogens is 297 g/mol. The van der Waals surface area contributed by atoms with Crippen molar-refractivity contribution in [2.24, 2.45) is 5.73 Å². The van der Waals surface area contributed by atoms with Crippen molar-refractivity contribution >= 4 is 23.7 Å². The molecule has 0 bridgehead atoms. The fourth-order valence-electron chi connectivity index (χ4n) is 2.24. The van der Waals surface area contributed by atoms with E-state index >= 15 is 0 Å². The molecule has 0 aliphatic carbocycles. The van der Waals surface area contributed by atoms with Crippen LogP contribution in [0.15, 0.2) is 60.7 Å². The molecule has 0 saturated carbocycles. The van der Waals surface area contributed by atoms with E-state index in [-0.39, 0.29) is 12.6 Å². The van der Waals surface area contributed by atoms with Gasteiger partial charge in [-0.2, -0.15) is 0 Å². The molecule has 4 nitrogen and oxygen atoms in total. The van der Waals surface area contributed by atoms with Crippen LogP contribution in [-0.2, 0) is 9.36 Å². The maximum absolute atomic E-state index is 13.6. The van der Waals surface area contributed by atoms with Gasteiger partial charge in [-0.05, 0) is 13.3 Å². The summed E-state index contributed by atoms with van der Waals surface area (Å²) in [5.41, 5.74) is 4.41. The lowest BCUT2D eigenvalue weighted by atomic mass is 10.0. The van der Waals surface area contributed by atoms with Crippen molar-refractivity contribution in [1.29, 1.82) is 0 Å². The molecule has 2 aromatic rings. The van der Waals surface area contributed by atoms with Crippen LogP contribution in [0.5, 0.6) is 0 Å². The minimum absolute atomic E-state index is 0.142. The van der Waals surface area contributed by atoms with Gasteiger partial charge in [0, 0.05) is 16.8 Å².